The van der Waals surface area contributed by atoms with Gasteiger partial charge in [-0.05, 0) is 37.9 Å². The highest BCUT2D eigenvalue weighted by Gasteiger charge is 2.33. The lowest BCUT2D eigenvalue weighted by Gasteiger charge is -2.31. The molecule has 0 atom stereocenters. The summed E-state index contributed by atoms with van der Waals surface area (Å²) >= 11 is 0. The van der Waals surface area contributed by atoms with Crippen LogP contribution in [0.25, 0.3) is 0 Å². The van der Waals surface area contributed by atoms with Crippen LogP contribution < -0.4 is 5.73 Å². The molecule has 0 fully saturated rings. The topological polar surface area (TPSA) is 51.8 Å². The molecule has 1 heterocycles. The average Bonchev–Trinajstić information content (AvgIpc) is 2.50. The predicted octanol–water partition coefficient (Wildman–Crippen LogP) is 3.39. The van der Waals surface area contributed by atoms with E-state index in [1.807, 2.05) is 13.0 Å². The normalized spacial score (nSPS) is 11.6. The molecule has 0 amide bonds. The van der Waals surface area contributed by atoms with Gasteiger partial charge in [-0.25, -0.2) is 9.97 Å². The fourth-order valence-corrected chi connectivity index (χ4v) is 2.98. The third-order valence-electron chi connectivity index (χ3n) is 4.27. The van der Waals surface area contributed by atoms with Crippen LogP contribution in [0.4, 0.5) is 0 Å². The average molecular weight is 283 g/mol. The van der Waals surface area contributed by atoms with Crippen LogP contribution in [0.15, 0.2) is 36.4 Å². The van der Waals surface area contributed by atoms with Crippen LogP contribution in [0, 0.1) is 6.92 Å². The summed E-state index contributed by atoms with van der Waals surface area (Å²) in [4.78, 5) is 9.58. The molecule has 0 aliphatic rings. The molecule has 0 unspecified atom stereocenters. The maximum atomic E-state index is 5.69. The van der Waals surface area contributed by atoms with Crippen LogP contribution in [0.5, 0.6) is 0 Å². The first-order chi connectivity index (χ1) is 10.2. The number of aryl methyl sites for hydroxylation is 1. The van der Waals surface area contributed by atoms with Crippen molar-refractivity contribution in [2.75, 3.05) is 6.54 Å². The van der Waals surface area contributed by atoms with Gasteiger partial charge in [-0.1, -0.05) is 44.2 Å². The van der Waals surface area contributed by atoms with Crippen molar-refractivity contribution in [3.63, 3.8) is 0 Å². The maximum Gasteiger partial charge on any atom is 0.139 e. The van der Waals surface area contributed by atoms with Crippen molar-refractivity contribution >= 4 is 0 Å². The summed E-state index contributed by atoms with van der Waals surface area (Å²) in [6.45, 7) is 7.08. The Labute approximate surface area is 127 Å². The minimum Gasteiger partial charge on any atom is -0.330 e. The Bertz CT molecular complexity index is 574. The fraction of sp³-hybridized carbons (Fsp3) is 0.444. The molecule has 0 bridgehead atoms. The first kappa shape index (κ1) is 15.6. The Morgan fingerprint density at radius 2 is 1.71 bits per heavy atom. The smallest absolute Gasteiger partial charge is 0.139 e. The molecule has 0 saturated carbocycles. The summed E-state index contributed by atoms with van der Waals surface area (Å²) in [6, 6.07) is 12.6. The molecule has 112 valence electrons. The maximum absolute atomic E-state index is 5.69. The number of rotatable bonds is 6. The number of benzene rings is 1. The van der Waals surface area contributed by atoms with Crippen molar-refractivity contribution in [3.8, 4) is 0 Å². The highest BCUT2D eigenvalue weighted by Crippen LogP contribution is 2.36. The second-order valence-corrected chi connectivity index (χ2v) is 5.52. The van der Waals surface area contributed by atoms with E-state index in [0.717, 1.165) is 36.5 Å². The monoisotopic (exact) mass is 283 g/mol. The standard InChI is InChI=1S/C18H25N3/c1-4-18(5-2,15-9-7-6-8-10-15)17-20-14(3)13-16(21-17)11-12-19/h6-10,13H,4-5,11-12,19H2,1-3H3. The largest absolute Gasteiger partial charge is 0.330 e. The summed E-state index contributed by atoms with van der Waals surface area (Å²) in [5.41, 5.74) is 8.92. The minimum atomic E-state index is -0.114. The van der Waals surface area contributed by atoms with Gasteiger partial charge in [0.25, 0.3) is 0 Å². The molecule has 0 radical (unpaired) electrons. The zero-order chi connectivity index (χ0) is 15.3. The van der Waals surface area contributed by atoms with E-state index >= 15 is 0 Å². The summed E-state index contributed by atoms with van der Waals surface area (Å²) in [5, 5.41) is 0. The molecule has 2 aromatic rings. The molecular formula is C18H25N3. The van der Waals surface area contributed by atoms with Gasteiger partial charge < -0.3 is 5.73 Å². The van der Waals surface area contributed by atoms with Crippen LogP contribution in [0.1, 0.15) is 49.5 Å². The molecule has 0 saturated heterocycles. The van der Waals surface area contributed by atoms with E-state index in [1.54, 1.807) is 0 Å². The molecular weight excluding hydrogens is 258 g/mol. The van der Waals surface area contributed by atoms with Gasteiger partial charge in [-0.2, -0.15) is 0 Å². The van der Waals surface area contributed by atoms with Crippen LogP contribution in [-0.4, -0.2) is 16.5 Å². The van der Waals surface area contributed by atoms with Gasteiger partial charge in [0.2, 0.25) is 0 Å². The van der Waals surface area contributed by atoms with E-state index in [0.29, 0.717) is 6.54 Å². The fourth-order valence-electron chi connectivity index (χ4n) is 2.98. The lowest BCUT2D eigenvalue weighted by Crippen LogP contribution is -2.29. The summed E-state index contributed by atoms with van der Waals surface area (Å²) in [5.74, 6) is 0.933. The molecule has 2 N–H and O–H groups in total. The van der Waals surface area contributed by atoms with Crippen LogP contribution in [0.3, 0.4) is 0 Å². The predicted molar refractivity (Wildman–Crippen MR) is 87.3 cm³/mol. The van der Waals surface area contributed by atoms with Gasteiger partial charge in [0, 0.05) is 17.8 Å². The molecule has 3 nitrogen and oxygen atoms in total. The Balaban J connectivity index is 2.57. The Morgan fingerprint density at radius 3 is 2.29 bits per heavy atom. The number of hydrogen-bond acceptors (Lipinski definition) is 3. The van der Waals surface area contributed by atoms with Gasteiger partial charge in [-0.3, -0.25) is 0 Å². The molecule has 21 heavy (non-hydrogen) atoms. The van der Waals surface area contributed by atoms with Crippen molar-refractivity contribution in [2.24, 2.45) is 5.73 Å². The summed E-state index contributed by atoms with van der Waals surface area (Å²) < 4.78 is 0. The number of nitrogens with two attached hydrogens (primary N) is 1. The van der Waals surface area contributed by atoms with E-state index in [-0.39, 0.29) is 5.41 Å². The molecule has 0 aliphatic carbocycles. The Morgan fingerprint density at radius 1 is 1.05 bits per heavy atom. The van der Waals surface area contributed by atoms with Gasteiger partial charge in [0.05, 0.1) is 5.41 Å². The third-order valence-corrected chi connectivity index (χ3v) is 4.27. The Hall–Kier alpha value is -1.74. The number of aromatic nitrogens is 2. The van der Waals surface area contributed by atoms with Crippen molar-refractivity contribution in [3.05, 3.63) is 59.2 Å². The van der Waals surface area contributed by atoms with Crippen molar-refractivity contribution in [1.29, 1.82) is 0 Å². The first-order valence-corrected chi connectivity index (χ1v) is 7.77. The molecule has 0 spiro atoms. The zero-order valence-electron chi connectivity index (χ0n) is 13.3. The van der Waals surface area contributed by atoms with Gasteiger partial charge in [-0.15, -0.1) is 0 Å². The summed E-state index contributed by atoms with van der Waals surface area (Å²) in [6.07, 6.45) is 2.77. The van der Waals surface area contributed by atoms with Gasteiger partial charge in [0.1, 0.15) is 5.82 Å². The number of hydrogen-bond donors (Lipinski definition) is 1. The summed E-state index contributed by atoms with van der Waals surface area (Å²) in [7, 11) is 0. The second-order valence-electron chi connectivity index (χ2n) is 5.52. The van der Waals surface area contributed by atoms with Crippen LogP contribution >= 0.6 is 0 Å². The van der Waals surface area contributed by atoms with Crippen molar-refractivity contribution < 1.29 is 0 Å². The molecule has 1 aromatic carbocycles. The van der Waals surface area contributed by atoms with E-state index in [2.05, 4.69) is 44.2 Å². The highest BCUT2D eigenvalue weighted by atomic mass is 14.9. The quantitative estimate of drug-likeness (QED) is 0.884. The lowest BCUT2D eigenvalue weighted by molar-refractivity contribution is 0.446. The first-order valence-electron chi connectivity index (χ1n) is 7.77. The van der Waals surface area contributed by atoms with Crippen LogP contribution in [-0.2, 0) is 11.8 Å². The Kier molecular flexibility index (Phi) is 5.07. The highest BCUT2D eigenvalue weighted by molar-refractivity contribution is 5.33. The lowest BCUT2D eigenvalue weighted by atomic mass is 9.75. The van der Waals surface area contributed by atoms with Crippen molar-refractivity contribution in [1.82, 2.24) is 9.97 Å². The number of nitrogens with zero attached hydrogens (tertiary/aromatic N) is 2. The second kappa shape index (κ2) is 6.81. The zero-order valence-corrected chi connectivity index (χ0v) is 13.3. The van der Waals surface area contributed by atoms with E-state index in [1.165, 1.54) is 5.56 Å². The minimum absolute atomic E-state index is 0.114. The molecule has 1 aromatic heterocycles. The van der Waals surface area contributed by atoms with Gasteiger partial charge in [0.15, 0.2) is 0 Å². The van der Waals surface area contributed by atoms with Crippen LogP contribution in [0.2, 0.25) is 0 Å². The SMILES string of the molecule is CCC(CC)(c1ccccc1)c1nc(C)cc(CCN)n1. The van der Waals surface area contributed by atoms with E-state index < -0.39 is 0 Å². The van der Waals surface area contributed by atoms with Crippen molar-refractivity contribution in [2.45, 2.75) is 45.4 Å². The molecule has 3 heteroatoms. The third kappa shape index (κ3) is 3.13. The van der Waals surface area contributed by atoms with E-state index in [4.69, 9.17) is 15.7 Å². The molecule has 0 aliphatic heterocycles. The van der Waals surface area contributed by atoms with Gasteiger partial charge >= 0.3 is 0 Å². The molecule has 2 rings (SSSR count). The van der Waals surface area contributed by atoms with E-state index in [9.17, 15) is 0 Å².